The van der Waals surface area contributed by atoms with Crippen LogP contribution in [0.1, 0.15) is 27.0 Å². The van der Waals surface area contributed by atoms with E-state index in [4.69, 9.17) is 14.6 Å². The lowest BCUT2D eigenvalue weighted by Crippen LogP contribution is -1.99. The van der Waals surface area contributed by atoms with E-state index in [0.717, 1.165) is 16.5 Å². The number of rotatable bonds is 7. The Morgan fingerprint density at radius 3 is 2.38 bits per heavy atom. The minimum atomic E-state index is -1.01. The van der Waals surface area contributed by atoms with Crippen LogP contribution >= 0.6 is 15.9 Å². The van der Waals surface area contributed by atoms with E-state index in [1.807, 2.05) is 24.3 Å². The van der Waals surface area contributed by atoms with Gasteiger partial charge < -0.3 is 14.6 Å². The van der Waals surface area contributed by atoms with Crippen LogP contribution in [0.5, 0.6) is 11.5 Å². The number of hydrogen-bond acceptors (Lipinski definition) is 4. The number of ether oxygens (including phenoxy) is 2. The van der Waals surface area contributed by atoms with Gasteiger partial charge in [-0.2, -0.15) is 5.26 Å². The number of allylic oxidation sites excluding steroid dienone is 1. The number of methoxy groups -OCH3 is 1. The second-order valence-corrected chi connectivity index (χ2v) is 8.41. The maximum absolute atomic E-state index is 11.1. The predicted octanol–water partition coefficient (Wildman–Crippen LogP) is 6.95. The number of aromatic carboxylic acids is 1. The molecule has 4 aromatic carbocycles. The molecule has 0 saturated heterocycles. The Kier molecular flexibility index (Phi) is 6.95. The van der Waals surface area contributed by atoms with E-state index < -0.39 is 5.97 Å². The molecule has 0 aromatic heterocycles. The molecule has 4 rings (SSSR count). The zero-order valence-corrected chi connectivity index (χ0v) is 19.9. The second kappa shape index (κ2) is 10.2. The Hall–Kier alpha value is -4.08. The van der Waals surface area contributed by atoms with Crippen molar-refractivity contribution in [3.8, 4) is 17.6 Å². The van der Waals surface area contributed by atoms with Crippen molar-refractivity contribution in [3.05, 3.63) is 106 Å². The fourth-order valence-corrected chi connectivity index (χ4v) is 4.16. The summed E-state index contributed by atoms with van der Waals surface area (Å²) in [5, 5.41) is 21.0. The van der Waals surface area contributed by atoms with Crippen LogP contribution in [0, 0.1) is 11.3 Å². The molecule has 0 aliphatic rings. The predicted molar refractivity (Wildman–Crippen MR) is 136 cm³/mol. The number of carboxylic acids is 1. The number of hydrogen-bond donors (Lipinski definition) is 1. The maximum atomic E-state index is 11.1. The summed E-state index contributed by atoms with van der Waals surface area (Å²) in [5.74, 6) is 0.0824. The Morgan fingerprint density at radius 1 is 1.00 bits per heavy atom. The van der Waals surface area contributed by atoms with Gasteiger partial charge >= 0.3 is 5.97 Å². The molecule has 0 aliphatic heterocycles. The molecular weight excluding hydrogens is 494 g/mol. The summed E-state index contributed by atoms with van der Waals surface area (Å²) in [6.07, 6.45) is 1.72. The van der Waals surface area contributed by atoms with Crippen LogP contribution in [-0.2, 0) is 6.61 Å². The number of benzene rings is 4. The van der Waals surface area contributed by atoms with Gasteiger partial charge in [-0.3, -0.25) is 0 Å². The summed E-state index contributed by atoms with van der Waals surface area (Å²) >= 11 is 3.56. The van der Waals surface area contributed by atoms with Gasteiger partial charge in [-0.25, -0.2) is 4.79 Å². The highest BCUT2D eigenvalue weighted by Gasteiger charge is 2.13. The second-order valence-electron chi connectivity index (χ2n) is 7.56. The quantitative estimate of drug-likeness (QED) is 0.213. The minimum absolute atomic E-state index is 0.165. The van der Waals surface area contributed by atoms with Crippen molar-refractivity contribution in [1.29, 1.82) is 5.26 Å². The molecule has 168 valence electrons. The van der Waals surface area contributed by atoms with Crippen molar-refractivity contribution in [2.24, 2.45) is 0 Å². The lowest BCUT2D eigenvalue weighted by Gasteiger charge is -2.14. The van der Waals surface area contributed by atoms with Gasteiger partial charge in [0, 0.05) is 0 Å². The zero-order valence-electron chi connectivity index (χ0n) is 18.3. The first kappa shape index (κ1) is 23.1. The Balaban J connectivity index is 1.59. The average Bonchev–Trinajstić information content (AvgIpc) is 2.86. The standard InChI is InChI=1S/C28H20BrNO4/c1-33-26-15-19(13-24(16-30)21-8-10-22(11-9-21)28(31)32)14-25(29)27(26)34-17-18-6-7-20-4-2-3-5-23(20)12-18/h2-15H,17H2,1H3,(H,31,32)/b24-13-. The number of halogens is 1. The van der Waals surface area contributed by atoms with Gasteiger partial charge in [0.1, 0.15) is 6.61 Å². The van der Waals surface area contributed by atoms with E-state index in [9.17, 15) is 10.1 Å². The van der Waals surface area contributed by atoms with Gasteiger partial charge in [0.25, 0.3) is 0 Å². The molecular formula is C28H20BrNO4. The third-order valence-corrected chi connectivity index (χ3v) is 5.91. The summed E-state index contributed by atoms with van der Waals surface area (Å²) in [4.78, 5) is 11.1. The number of fused-ring (bicyclic) bond motifs is 1. The molecule has 5 nitrogen and oxygen atoms in total. The van der Waals surface area contributed by atoms with Crippen LogP contribution in [0.4, 0.5) is 0 Å². The summed E-state index contributed by atoms with van der Waals surface area (Å²) in [6.45, 7) is 0.369. The van der Waals surface area contributed by atoms with E-state index in [2.05, 4.69) is 46.3 Å². The van der Waals surface area contributed by atoms with E-state index in [-0.39, 0.29) is 5.56 Å². The molecule has 1 N–H and O–H groups in total. The number of nitrogens with zero attached hydrogens (tertiary/aromatic N) is 1. The molecule has 0 saturated carbocycles. The number of carboxylic acid groups (broad SMARTS) is 1. The van der Waals surface area contributed by atoms with Gasteiger partial charge in [-0.05, 0) is 79.8 Å². The van der Waals surface area contributed by atoms with Gasteiger partial charge in [-0.15, -0.1) is 0 Å². The maximum Gasteiger partial charge on any atom is 0.335 e. The molecule has 0 spiro atoms. The molecule has 0 fully saturated rings. The molecule has 6 heteroatoms. The summed E-state index contributed by atoms with van der Waals surface area (Å²) in [7, 11) is 1.56. The van der Waals surface area contributed by atoms with Gasteiger partial charge in [-0.1, -0.05) is 48.5 Å². The first-order valence-electron chi connectivity index (χ1n) is 10.4. The van der Waals surface area contributed by atoms with Crippen LogP contribution in [0.15, 0.2) is 83.3 Å². The SMILES string of the molecule is COc1cc(/C=C(/C#N)c2ccc(C(=O)O)cc2)cc(Br)c1OCc1ccc2ccccc2c1. The summed E-state index contributed by atoms with van der Waals surface area (Å²) in [6, 6.07) is 26.4. The average molecular weight is 514 g/mol. The van der Waals surface area contributed by atoms with E-state index >= 15 is 0 Å². The summed E-state index contributed by atoms with van der Waals surface area (Å²) < 4.78 is 12.3. The topological polar surface area (TPSA) is 79.5 Å². The number of nitriles is 1. The third kappa shape index (κ3) is 5.11. The van der Waals surface area contributed by atoms with Gasteiger partial charge in [0.15, 0.2) is 11.5 Å². The highest BCUT2D eigenvalue weighted by atomic mass is 79.9. The van der Waals surface area contributed by atoms with Gasteiger partial charge in [0.2, 0.25) is 0 Å². The van der Waals surface area contributed by atoms with Crippen molar-refractivity contribution < 1.29 is 19.4 Å². The number of carbonyl (C=O) groups is 1. The monoisotopic (exact) mass is 513 g/mol. The van der Waals surface area contributed by atoms with Crippen molar-refractivity contribution in [3.63, 3.8) is 0 Å². The van der Waals surface area contributed by atoms with Crippen molar-refractivity contribution in [2.75, 3.05) is 7.11 Å². The van der Waals surface area contributed by atoms with Crippen LogP contribution in [-0.4, -0.2) is 18.2 Å². The highest BCUT2D eigenvalue weighted by Crippen LogP contribution is 2.38. The Morgan fingerprint density at radius 2 is 1.71 bits per heavy atom. The van der Waals surface area contributed by atoms with Crippen molar-refractivity contribution >= 4 is 44.3 Å². The largest absolute Gasteiger partial charge is 0.493 e. The molecule has 0 bridgehead atoms. The molecule has 4 aromatic rings. The first-order chi connectivity index (χ1) is 16.5. The Labute approximate surface area is 205 Å². The minimum Gasteiger partial charge on any atom is -0.493 e. The summed E-state index contributed by atoms with van der Waals surface area (Å²) in [5.41, 5.74) is 2.96. The van der Waals surface area contributed by atoms with Crippen LogP contribution in [0.2, 0.25) is 0 Å². The zero-order chi connectivity index (χ0) is 24.1. The smallest absolute Gasteiger partial charge is 0.335 e. The molecule has 0 atom stereocenters. The van der Waals surface area contributed by atoms with Crippen molar-refractivity contribution in [1.82, 2.24) is 0 Å². The van der Waals surface area contributed by atoms with E-state index in [1.54, 1.807) is 31.4 Å². The fraction of sp³-hybridized carbons (Fsp3) is 0.0714. The molecule has 0 aliphatic carbocycles. The molecule has 0 heterocycles. The fourth-order valence-electron chi connectivity index (χ4n) is 3.59. The molecule has 0 radical (unpaired) electrons. The first-order valence-corrected chi connectivity index (χ1v) is 11.2. The lowest BCUT2D eigenvalue weighted by atomic mass is 10.0. The van der Waals surface area contributed by atoms with Crippen LogP contribution < -0.4 is 9.47 Å². The van der Waals surface area contributed by atoms with Crippen LogP contribution in [0.3, 0.4) is 0 Å². The van der Waals surface area contributed by atoms with Crippen molar-refractivity contribution in [2.45, 2.75) is 6.61 Å². The van der Waals surface area contributed by atoms with E-state index in [1.165, 1.54) is 17.5 Å². The van der Waals surface area contributed by atoms with Gasteiger partial charge in [0.05, 0.1) is 28.8 Å². The molecule has 0 amide bonds. The van der Waals surface area contributed by atoms with E-state index in [0.29, 0.717) is 33.7 Å². The molecule has 0 unspecified atom stereocenters. The highest BCUT2D eigenvalue weighted by molar-refractivity contribution is 9.10. The normalized spacial score (nSPS) is 11.1. The Bertz CT molecular complexity index is 1440. The van der Waals surface area contributed by atoms with Crippen LogP contribution in [0.25, 0.3) is 22.4 Å². The molecule has 34 heavy (non-hydrogen) atoms. The third-order valence-electron chi connectivity index (χ3n) is 5.32. The lowest BCUT2D eigenvalue weighted by molar-refractivity contribution is 0.0697.